The molecule has 1 aliphatic rings. The minimum atomic E-state index is -3.73. The molecule has 2 N–H and O–H groups in total. The Kier molecular flexibility index (Phi) is 6.43. The first kappa shape index (κ1) is 20.4. The highest BCUT2D eigenvalue weighted by Crippen LogP contribution is 2.15. The largest absolute Gasteiger partial charge is 0.377 e. The second-order valence-corrected chi connectivity index (χ2v) is 8.55. The highest BCUT2D eigenvalue weighted by molar-refractivity contribution is 7.89. The number of ether oxygens (including phenoxy) is 1. The van der Waals surface area contributed by atoms with Crippen LogP contribution in [0, 0.1) is 12.7 Å². The monoisotopic (exact) mass is 406 g/mol. The fourth-order valence-corrected chi connectivity index (χ4v) is 4.11. The Balaban J connectivity index is 1.64. The van der Waals surface area contributed by atoms with Crippen LogP contribution in [0.25, 0.3) is 0 Å². The highest BCUT2D eigenvalue weighted by atomic mass is 32.2. The summed E-state index contributed by atoms with van der Waals surface area (Å²) in [6.45, 7) is 2.73. The number of carbonyl (C=O) groups excluding carboxylic acids is 1. The summed E-state index contributed by atoms with van der Waals surface area (Å²) in [5.74, 6) is -0.707. The first-order valence-corrected chi connectivity index (χ1v) is 10.6. The molecule has 0 saturated carbocycles. The number of halogens is 1. The maximum Gasteiger partial charge on any atom is 0.251 e. The Morgan fingerprint density at radius 2 is 2.07 bits per heavy atom. The molecule has 0 aromatic heterocycles. The maximum absolute atomic E-state index is 13.3. The summed E-state index contributed by atoms with van der Waals surface area (Å²) >= 11 is 0. The van der Waals surface area contributed by atoms with Crippen molar-refractivity contribution in [1.29, 1.82) is 0 Å². The van der Waals surface area contributed by atoms with Crippen LogP contribution >= 0.6 is 0 Å². The number of benzene rings is 2. The van der Waals surface area contributed by atoms with E-state index in [1.165, 1.54) is 24.3 Å². The third-order valence-corrected chi connectivity index (χ3v) is 6.03. The van der Waals surface area contributed by atoms with E-state index in [9.17, 15) is 17.6 Å². The molecule has 2 aromatic carbocycles. The van der Waals surface area contributed by atoms with Gasteiger partial charge in [0, 0.05) is 25.3 Å². The lowest BCUT2D eigenvalue weighted by Crippen LogP contribution is -2.32. The molecule has 1 amide bonds. The number of rotatable bonds is 7. The standard InChI is InChI=1S/C20H23FN2O4S/c1-14-10-15(7-8-19(14)21)12-22-20(24)16-4-2-6-18(11-16)28(25,26)23-13-17-5-3-9-27-17/h2,4,6-8,10-11,17,23H,3,5,9,12-13H2,1H3,(H,22,24). The Hall–Kier alpha value is -2.29. The van der Waals surface area contributed by atoms with Crippen molar-refractivity contribution < 1.29 is 22.3 Å². The van der Waals surface area contributed by atoms with Crippen LogP contribution in [0.1, 0.15) is 34.3 Å². The normalized spacial score (nSPS) is 16.9. The smallest absolute Gasteiger partial charge is 0.251 e. The van der Waals surface area contributed by atoms with E-state index in [-0.39, 0.29) is 35.5 Å². The van der Waals surface area contributed by atoms with Crippen LogP contribution in [0.2, 0.25) is 0 Å². The third-order valence-electron chi connectivity index (χ3n) is 4.61. The number of hydrogen-bond acceptors (Lipinski definition) is 4. The molecule has 0 aliphatic carbocycles. The van der Waals surface area contributed by atoms with Gasteiger partial charge in [0.05, 0.1) is 11.0 Å². The molecule has 1 atom stereocenters. The average Bonchev–Trinajstić information content (AvgIpc) is 3.21. The van der Waals surface area contributed by atoms with Crippen LogP contribution in [-0.2, 0) is 21.3 Å². The zero-order chi connectivity index (χ0) is 20.1. The zero-order valence-corrected chi connectivity index (χ0v) is 16.4. The van der Waals surface area contributed by atoms with Gasteiger partial charge in [-0.25, -0.2) is 17.5 Å². The second-order valence-electron chi connectivity index (χ2n) is 6.78. The predicted octanol–water partition coefficient (Wildman–Crippen LogP) is 2.52. The van der Waals surface area contributed by atoms with Gasteiger partial charge in [0.25, 0.3) is 5.91 Å². The minimum Gasteiger partial charge on any atom is -0.377 e. The van der Waals surface area contributed by atoms with Gasteiger partial charge in [-0.15, -0.1) is 0 Å². The molecule has 1 saturated heterocycles. The van der Waals surface area contributed by atoms with E-state index >= 15 is 0 Å². The summed E-state index contributed by atoms with van der Waals surface area (Å²) in [6, 6.07) is 10.5. The molecule has 0 radical (unpaired) electrons. The third kappa shape index (κ3) is 5.15. The number of amides is 1. The number of aryl methyl sites for hydroxylation is 1. The molecule has 2 aromatic rings. The van der Waals surface area contributed by atoms with E-state index in [0.717, 1.165) is 18.4 Å². The van der Waals surface area contributed by atoms with Crippen molar-refractivity contribution in [2.75, 3.05) is 13.2 Å². The fourth-order valence-electron chi connectivity index (χ4n) is 3.00. The summed E-state index contributed by atoms with van der Waals surface area (Å²) in [4.78, 5) is 12.4. The summed E-state index contributed by atoms with van der Waals surface area (Å²) in [5.41, 5.74) is 1.49. The number of carbonyl (C=O) groups is 1. The highest BCUT2D eigenvalue weighted by Gasteiger charge is 2.21. The van der Waals surface area contributed by atoms with Crippen molar-refractivity contribution in [3.63, 3.8) is 0 Å². The van der Waals surface area contributed by atoms with Crippen LogP contribution in [0.3, 0.4) is 0 Å². The van der Waals surface area contributed by atoms with Gasteiger partial charge in [0.15, 0.2) is 0 Å². The minimum absolute atomic E-state index is 0.0239. The first-order chi connectivity index (χ1) is 13.3. The number of nitrogens with one attached hydrogen (secondary N) is 2. The van der Waals surface area contributed by atoms with Crippen LogP contribution < -0.4 is 10.0 Å². The molecule has 1 heterocycles. The van der Waals surface area contributed by atoms with E-state index in [4.69, 9.17) is 4.74 Å². The van der Waals surface area contributed by atoms with Crippen LogP contribution in [0.5, 0.6) is 0 Å². The molecule has 6 nitrogen and oxygen atoms in total. The molecule has 3 rings (SSSR count). The van der Waals surface area contributed by atoms with E-state index in [1.54, 1.807) is 25.1 Å². The Morgan fingerprint density at radius 1 is 1.25 bits per heavy atom. The van der Waals surface area contributed by atoms with Crippen LogP contribution in [0.4, 0.5) is 4.39 Å². The summed E-state index contributed by atoms with van der Waals surface area (Å²) < 4.78 is 46.2. The second kappa shape index (κ2) is 8.81. The predicted molar refractivity (Wildman–Crippen MR) is 103 cm³/mol. The lowest BCUT2D eigenvalue weighted by atomic mass is 10.1. The van der Waals surface area contributed by atoms with E-state index in [1.807, 2.05) is 0 Å². The fraction of sp³-hybridized carbons (Fsp3) is 0.350. The molecule has 28 heavy (non-hydrogen) atoms. The zero-order valence-electron chi connectivity index (χ0n) is 15.6. The molecule has 8 heteroatoms. The van der Waals surface area contributed by atoms with Crippen molar-refractivity contribution in [1.82, 2.24) is 10.0 Å². The molecule has 0 spiro atoms. The quantitative estimate of drug-likeness (QED) is 0.740. The molecule has 1 unspecified atom stereocenters. The van der Waals surface area contributed by atoms with Crippen LogP contribution in [0.15, 0.2) is 47.4 Å². The van der Waals surface area contributed by atoms with Crippen molar-refractivity contribution >= 4 is 15.9 Å². The molecule has 0 bridgehead atoms. The summed E-state index contributed by atoms with van der Waals surface area (Å²) in [7, 11) is -3.73. The molecule has 150 valence electrons. The van der Waals surface area contributed by atoms with Crippen molar-refractivity contribution in [2.45, 2.75) is 37.3 Å². The average molecular weight is 406 g/mol. The van der Waals surface area contributed by atoms with E-state index in [0.29, 0.717) is 12.2 Å². The van der Waals surface area contributed by atoms with Crippen molar-refractivity contribution in [2.24, 2.45) is 0 Å². The van der Waals surface area contributed by atoms with Crippen molar-refractivity contribution in [3.8, 4) is 0 Å². The van der Waals surface area contributed by atoms with Gasteiger partial charge in [-0.05, 0) is 55.2 Å². The van der Waals surface area contributed by atoms with Gasteiger partial charge in [-0.1, -0.05) is 18.2 Å². The van der Waals surface area contributed by atoms with Gasteiger partial charge in [0.2, 0.25) is 10.0 Å². The molecular formula is C20H23FN2O4S. The van der Waals surface area contributed by atoms with Gasteiger partial charge >= 0.3 is 0 Å². The number of hydrogen-bond donors (Lipinski definition) is 2. The Morgan fingerprint density at radius 3 is 2.79 bits per heavy atom. The Bertz CT molecular complexity index is 956. The van der Waals surface area contributed by atoms with Gasteiger partial charge in [-0.2, -0.15) is 0 Å². The van der Waals surface area contributed by atoms with E-state index < -0.39 is 15.9 Å². The van der Waals surface area contributed by atoms with Gasteiger partial charge in [0.1, 0.15) is 5.82 Å². The van der Waals surface area contributed by atoms with Gasteiger partial charge in [-0.3, -0.25) is 4.79 Å². The lowest BCUT2D eigenvalue weighted by Gasteiger charge is -2.12. The molecule has 1 aliphatic heterocycles. The molecular weight excluding hydrogens is 383 g/mol. The summed E-state index contributed by atoms with van der Waals surface area (Å²) in [5, 5.41) is 2.72. The van der Waals surface area contributed by atoms with Crippen LogP contribution in [-0.4, -0.2) is 33.6 Å². The summed E-state index contributed by atoms with van der Waals surface area (Å²) in [6.07, 6.45) is 1.64. The molecule has 1 fully saturated rings. The number of sulfonamides is 1. The SMILES string of the molecule is Cc1cc(CNC(=O)c2cccc(S(=O)(=O)NCC3CCCO3)c2)ccc1F. The Labute approximate surface area is 164 Å². The lowest BCUT2D eigenvalue weighted by molar-refractivity contribution is 0.0950. The van der Waals surface area contributed by atoms with Gasteiger partial charge < -0.3 is 10.1 Å². The topological polar surface area (TPSA) is 84.5 Å². The first-order valence-electron chi connectivity index (χ1n) is 9.10. The van der Waals surface area contributed by atoms with E-state index in [2.05, 4.69) is 10.0 Å². The maximum atomic E-state index is 13.3. The van der Waals surface area contributed by atoms with Crippen molar-refractivity contribution in [3.05, 3.63) is 65.0 Å².